The Labute approximate surface area is 103 Å². The van der Waals surface area contributed by atoms with E-state index in [0.29, 0.717) is 23.2 Å². The van der Waals surface area contributed by atoms with Crippen LogP contribution in [0.5, 0.6) is 0 Å². The predicted octanol–water partition coefficient (Wildman–Crippen LogP) is 1.69. The molecule has 2 fully saturated rings. The highest BCUT2D eigenvalue weighted by Gasteiger charge is 2.35. The van der Waals surface area contributed by atoms with Crippen molar-refractivity contribution in [1.82, 2.24) is 4.90 Å². The molecule has 3 atom stereocenters. The van der Waals surface area contributed by atoms with Gasteiger partial charge in [0.05, 0.1) is 17.1 Å². The molecule has 4 heteroatoms. The Morgan fingerprint density at radius 2 is 2.12 bits per heavy atom. The number of rotatable bonds is 3. The SMILES string of the molecule is COC1CCCC(N2CCCC2C(N)=S)C1. The van der Waals surface area contributed by atoms with Crippen LogP contribution in [-0.4, -0.2) is 41.7 Å². The summed E-state index contributed by atoms with van der Waals surface area (Å²) in [6, 6.07) is 0.975. The van der Waals surface area contributed by atoms with Gasteiger partial charge >= 0.3 is 0 Å². The molecule has 1 heterocycles. The molecule has 1 saturated carbocycles. The minimum Gasteiger partial charge on any atom is -0.392 e. The molecule has 1 saturated heterocycles. The minimum atomic E-state index is 0.343. The van der Waals surface area contributed by atoms with E-state index in [0.717, 1.165) is 19.4 Å². The van der Waals surface area contributed by atoms with Crippen molar-refractivity contribution >= 4 is 17.2 Å². The van der Waals surface area contributed by atoms with Crippen LogP contribution in [0, 0.1) is 0 Å². The molecule has 3 nitrogen and oxygen atoms in total. The third kappa shape index (κ3) is 2.55. The molecule has 16 heavy (non-hydrogen) atoms. The molecule has 0 spiro atoms. The highest BCUT2D eigenvalue weighted by molar-refractivity contribution is 7.80. The predicted molar refractivity (Wildman–Crippen MR) is 69.6 cm³/mol. The lowest BCUT2D eigenvalue weighted by atomic mass is 9.91. The molecule has 0 amide bonds. The first kappa shape index (κ1) is 12.3. The molecule has 2 rings (SSSR count). The maximum absolute atomic E-state index is 5.82. The Morgan fingerprint density at radius 1 is 1.31 bits per heavy atom. The van der Waals surface area contributed by atoms with Crippen LogP contribution in [0.3, 0.4) is 0 Å². The lowest BCUT2D eigenvalue weighted by molar-refractivity contribution is 0.0302. The van der Waals surface area contributed by atoms with Crippen molar-refractivity contribution in [3.8, 4) is 0 Å². The van der Waals surface area contributed by atoms with Gasteiger partial charge in [-0.05, 0) is 45.1 Å². The molecule has 0 bridgehead atoms. The average molecular weight is 242 g/mol. The van der Waals surface area contributed by atoms with Crippen molar-refractivity contribution in [2.75, 3.05) is 13.7 Å². The molecule has 0 radical (unpaired) electrons. The van der Waals surface area contributed by atoms with E-state index >= 15 is 0 Å². The zero-order valence-electron chi connectivity index (χ0n) is 10.0. The molecular formula is C12H22N2OS. The van der Waals surface area contributed by atoms with Crippen LogP contribution in [0.4, 0.5) is 0 Å². The first-order valence-corrected chi connectivity index (χ1v) is 6.71. The normalized spacial score (nSPS) is 36.4. The number of nitrogens with two attached hydrogens (primary N) is 1. The average Bonchev–Trinajstić information content (AvgIpc) is 2.78. The summed E-state index contributed by atoms with van der Waals surface area (Å²) in [6.07, 6.45) is 7.71. The fourth-order valence-corrected chi connectivity index (χ4v) is 3.42. The molecule has 0 aromatic heterocycles. The number of hydrogen-bond acceptors (Lipinski definition) is 3. The number of ether oxygens (including phenoxy) is 1. The largest absolute Gasteiger partial charge is 0.392 e. The van der Waals surface area contributed by atoms with Crippen LogP contribution in [0.2, 0.25) is 0 Å². The van der Waals surface area contributed by atoms with Gasteiger partial charge in [-0.25, -0.2) is 0 Å². The van der Waals surface area contributed by atoms with E-state index < -0.39 is 0 Å². The molecule has 92 valence electrons. The van der Waals surface area contributed by atoms with Gasteiger partial charge in [-0.1, -0.05) is 12.2 Å². The summed E-state index contributed by atoms with van der Waals surface area (Å²) in [5.41, 5.74) is 5.82. The van der Waals surface area contributed by atoms with Crippen LogP contribution in [0.15, 0.2) is 0 Å². The summed E-state index contributed by atoms with van der Waals surface area (Å²) in [6.45, 7) is 1.16. The van der Waals surface area contributed by atoms with Gasteiger partial charge in [-0.3, -0.25) is 4.90 Å². The lowest BCUT2D eigenvalue weighted by Gasteiger charge is -2.37. The Kier molecular flexibility index (Phi) is 4.16. The summed E-state index contributed by atoms with van der Waals surface area (Å²) >= 11 is 5.16. The standard InChI is InChI=1S/C12H22N2OS/c1-15-10-5-2-4-9(8-10)14-7-3-6-11(14)12(13)16/h9-11H,2-8H2,1H3,(H2,13,16). The van der Waals surface area contributed by atoms with Gasteiger partial charge in [0.25, 0.3) is 0 Å². The fourth-order valence-electron chi connectivity index (χ4n) is 3.17. The van der Waals surface area contributed by atoms with Gasteiger partial charge in [-0.15, -0.1) is 0 Å². The molecule has 0 aromatic carbocycles. The van der Waals surface area contributed by atoms with Crippen molar-refractivity contribution < 1.29 is 4.74 Å². The zero-order chi connectivity index (χ0) is 11.5. The second-order valence-corrected chi connectivity index (χ2v) is 5.45. The molecular weight excluding hydrogens is 220 g/mol. The van der Waals surface area contributed by atoms with E-state index in [9.17, 15) is 0 Å². The van der Waals surface area contributed by atoms with Crippen LogP contribution in [0.25, 0.3) is 0 Å². The highest BCUT2D eigenvalue weighted by atomic mass is 32.1. The van der Waals surface area contributed by atoms with Crippen molar-refractivity contribution in [3.63, 3.8) is 0 Å². The minimum absolute atomic E-state index is 0.343. The van der Waals surface area contributed by atoms with Gasteiger partial charge < -0.3 is 10.5 Å². The molecule has 2 aliphatic rings. The van der Waals surface area contributed by atoms with Gasteiger partial charge in [0.1, 0.15) is 0 Å². The van der Waals surface area contributed by atoms with Crippen molar-refractivity contribution in [3.05, 3.63) is 0 Å². The Hall–Kier alpha value is -0.190. The smallest absolute Gasteiger partial charge is 0.0902 e. The monoisotopic (exact) mass is 242 g/mol. The number of nitrogens with zero attached hydrogens (tertiary/aromatic N) is 1. The molecule has 1 aliphatic heterocycles. The molecule has 2 N–H and O–H groups in total. The summed E-state index contributed by atoms with van der Waals surface area (Å²) in [5, 5.41) is 0. The van der Waals surface area contributed by atoms with Gasteiger partial charge in [0, 0.05) is 13.2 Å². The second-order valence-electron chi connectivity index (χ2n) is 4.98. The Morgan fingerprint density at radius 3 is 2.81 bits per heavy atom. The molecule has 3 unspecified atom stereocenters. The third-order valence-corrected chi connectivity index (χ3v) is 4.30. The topological polar surface area (TPSA) is 38.5 Å². The van der Waals surface area contributed by atoms with E-state index in [4.69, 9.17) is 22.7 Å². The van der Waals surface area contributed by atoms with E-state index in [2.05, 4.69) is 4.90 Å². The Bertz CT molecular complexity index is 259. The van der Waals surface area contributed by atoms with E-state index in [1.807, 2.05) is 7.11 Å². The Balaban J connectivity index is 1.97. The van der Waals surface area contributed by atoms with E-state index in [1.165, 1.54) is 25.7 Å². The van der Waals surface area contributed by atoms with Crippen molar-refractivity contribution in [1.29, 1.82) is 0 Å². The van der Waals surface area contributed by atoms with Gasteiger partial charge in [0.15, 0.2) is 0 Å². The summed E-state index contributed by atoms with van der Waals surface area (Å²) in [7, 11) is 1.82. The first-order chi connectivity index (χ1) is 7.72. The summed E-state index contributed by atoms with van der Waals surface area (Å²) in [4.78, 5) is 3.20. The molecule has 0 aromatic rings. The van der Waals surface area contributed by atoms with E-state index in [1.54, 1.807) is 0 Å². The van der Waals surface area contributed by atoms with Crippen LogP contribution in [-0.2, 0) is 4.74 Å². The maximum atomic E-state index is 5.82. The van der Waals surface area contributed by atoms with Crippen LogP contribution in [0.1, 0.15) is 38.5 Å². The number of likely N-dealkylation sites (tertiary alicyclic amines) is 1. The zero-order valence-corrected chi connectivity index (χ0v) is 10.8. The van der Waals surface area contributed by atoms with Crippen molar-refractivity contribution in [2.24, 2.45) is 5.73 Å². The summed E-state index contributed by atoms with van der Waals surface area (Å²) < 4.78 is 5.49. The fraction of sp³-hybridized carbons (Fsp3) is 0.917. The second kappa shape index (κ2) is 5.43. The highest BCUT2D eigenvalue weighted by Crippen LogP contribution is 2.30. The number of hydrogen-bond donors (Lipinski definition) is 1. The van der Waals surface area contributed by atoms with Gasteiger partial charge in [-0.2, -0.15) is 0 Å². The number of methoxy groups -OCH3 is 1. The quantitative estimate of drug-likeness (QED) is 0.765. The van der Waals surface area contributed by atoms with Crippen LogP contribution < -0.4 is 5.73 Å². The number of thiocarbonyl (C=S) groups is 1. The lowest BCUT2D eigenvalue weighted by Crippen LogP contribution is -2.47. The molecule has 1 aliphatic carbocycles. The first-order valence-electron chi connectivity index (χ1n) is 6.30. The van der Waals surface area contributed by atoms with Crippen molar-refractivity contribution in [2.45, 2.75) is 56.7 Å². The van der Waals surface area contributed by atoms with E-state index in [-0.39, 0.29) is 0 Å². The maximum Gasteiger partial charge on any atom is 0.0902 e. The van der Waals surface area contributed by atoms with Crippen LogP contribution >= 0.6 is 12.2 Å². The summed E-state index contributed by atoms with van der Waals surface area (Å²) in [5.74, 6) is 0. The third-order valence-electron chi connectivity index (χ3n) is 4.02. The van der Waals surface area contributed by atoms with Gasteiger partial charge in [0.2, 0.25) is 0 Å².